The van der Waals surface area contributed by atoms with Crippen molar-refractivity contribution >= 4 is 11.8 Å². The Labute approximate surface area is 169 Å². The Bertz CT molecular complexity index is 989. The normalized spacial score (nSPS) is 30.5. The number of nitrogens with zero attached hydrogens (tertiary/aromatic N) is 3. The number of carbonyl (C=O) groups is 2. The topological polar surface area (TPSA) is 69.3 Å². The number of aromatic nitrogens is 2. The first kappa shape index (κ1) is 18.3. The molecule has 0 spiro atoms. The van der Waals surface area contributed by atoms with Gasteiger partial charge in [-0.2, -0.15) is 5.10 Å². The summed E-state index contributed by atoms with van der Waals surface area (Å²) in [6, 6.07) is 8.41. The second kappa shape index (κ2) is 6.40. The average Bonchev–Trinajstić information content (AvgIpc) is 3.27. The molecule has 7 heteroatoms. The number of nitrogens with one attached hydrogen (secondary N) is 1. The zero-order chi connectivity index (χ0) is 20.3. The van der Waals surface area contributed by atoms with Gasteiger partial charge in [-0.05, 0) is 43.9 Å². The number of rotatable bonds is 2. The van der Waals surface area contributed by atoms with Gasteiger partial charge in [-0.25, -0.2) is 4.39 Å². The number of hydrogen-bond donors (Lipinski definition) is 1. The number of halogens is 1. The largest absolute Gasteiger partial charge is 0.335 e. The highest BCUT2D eigenvalue weighted by atomic mass is 19.1. The van der Waals surface area contributed by atoms with E-state index in [0.29, 0.717) is 23.5 Å². The first-order valence-electron chi connectivity index (χ1n) is 10.3. The molecule has 2 amide bonds. The molecule has 1 saturated carbocycles. The SMILES string of the molecule is CC(=O)N1[C@@H]2CN(C(=O)c3cc(-c4ccccc4F)n[nH]3)[C@@H]3CCC[C@H]1[C@]3(C)C2. The summed E-state index contributed by atoms with van der Waals surface area (Å²) in [5.74, 6) is -0.386. The molecular formula is C22H25FN4O2. The molecular weight excluding hydrogens is 371 g/mol. The number of piperidine rings is 1. The van der Waals surface area contributed by atoms with Gasteiger partial charge < -0.3 is 9.80 Å². The van der Waals surface area contributed by atoms with Crippen molar-refractivity contribution in [1.82, 2.24) is 20.0 Å². The Morgan fingerprint density at radius 1 is 1.24 bits per heavy atom. The fourth-order valence-electron chi connectivity index (χ4n) is 6.09. The molecule has 1 aromatic carbocycles. The molecule has 5 rings (SSSR count). The predicted molar refractivity (Wildman–Crippen MR) is 105 cm³/mol. The molecule has 2 bridgehead atoms. The van der Waals surface area contributed by atoms with Gasteiger partial charge >= 0.3 is 0 Å². The van der Waals surface area contributed by atoms with Crippen molar-refractivity contribution in [1.29, 1.82) is 0 Å². The van der Waals surface area contributed by atoms with Crippen molar-refractivity contribution < 1.29 is 14.0 Å². The first-order valence-corrected chi connectivity index (χ1v) is 10.3. The van der Waals surface area contributed by atoms with Crippen molar-refractivity contribution in [3.8, 4) is 11.3 Å². The molecule has 6 nitrogen and oxygen atoms in total. The van der Waals surface area contributed by atoms with E-state index in [2.05, 4.69) is 17.1 Å². The van der Waals surface area contributed by atoms with Crippen molar-refractivity contribution in [3.05, 3.63) is 41.8 Å². The lowest BCUT2D eigenvalue weighted by Gasteiger charge is -2.49. The van der Waals surface area contributed by atoms with Crippen LogP contribution in [-0.4, -0.2) is 56.5 Å². The summed E-state index contributed by atoms with van der Waals surface area (Å²) in [6.45, 7) is 4.41. The summed E-state index contributed by atoms with van der Waals surface area (Å²) in [4.78, 5) is 29.7. The fraction of sp³-hybridized carbons (Fsp3) is 0.500. The highest BCUT2D eigenvalue weighted by Crippen LogP contribution is 2.54. The van der Waals surface area contributed by atoms with E-state index in [9.17, 15) is 14.0 Å². The smallest absolute Gasteiger partial charge is 0.272 e. The number of hydrogen-bond acceptors (Lipinski definition) is 3. The maximum absolute atomic E-state index is 14.1. The van der Waals surface area contributed by atoms with Gasteiger partial charge in [0.25, 0.3) is 5.91 Å². The molecule has 0 radical (unpaired) electrons. The summed E-state index contributed by atoms with van der Waals surface area (Å²) >= 11 is 0. The predicted octanol–water partition coefficient (Wildman–Crippen LogP) is 3.22. The molecule has 29 heavy (non-hydrogen) atoms. The fourth-order valence-corrected chi connectivity index (χ4v) is 6.09. The summed E-state index contributed by atoms with van der Waals surface area (Å²) in [6.07, 6.45) is 3.92. The number of fused-ring (bicyclic) bond motifs is 1. The van der Waals surface area contributed by atoms with E-state index < -0.39 is 0 Å². The van der Waals surface area contributed by atoms with Gasteiger partial charge in [0.15, 0.2) is 0 Å². The second-order valence-corrected chi connectivity index (χ2v) is 8.86. The van der Waals surface area contributed by atoms with Crippen LogP contribution in [0.1, 0.15) is 50.0 Å². The lowest BCUT2D eigenvalue weighted by atomic mass is 9.65. The minimum atomic E-state index is -0.367. The van der Waals surface area contributed by atoms with Crippen LogP contribution in [0.25, 0.3) is 11.3 Å². The molecule has 3 aliphatic rings. The third kappa shape index (κ3) is 2.63. The molecule has 3 heterocycles. The Morgan fingerprint density at radius 3 is 2.76 bits per heavy atom. The molecule has 2 aliphatic heterocycles. The van der Waals surface area contributed by atoms with Crippen molar-refractivity contribution in [2.75, 3.05) is 6.54 Å². The monoisotopic (exact) mass is 396 g/mol. The van der Waals surface area contributed by atoms with Gasteiger partial charge in [0.1, 0.15) is 11.5 Å². The molecule has 2 saturated heterocycles. The standard InChI is InChI=1S/C22H25FN4O2/c1-13(28)27-14-11-22(2)19(8-5-9-20(22)27)26(12-14)21(29)18-10-17(24-25-18)15-6-3-4-7-16(15)23/h3-4,6-7,10,14,19-20H,5,8-9,11-12H2,1-2H3,(H,24,25)/t14-,19+,20-,22+/m0/s1. The van der Waals surface area contributed by atoms with Crippen LogP contribution in [0, 0.1) is 11.2 Å². The van der Waals surface area contributed by atoms with E-state index >= 15 is 0 Å². The molecule has 3 fully saturated rings. The number of likely N-dealkylation sites (tertiary alicyclic amines) is 2. The zero-order valence-corrected chi connectivity index (χ0v) is 16.7. The van der Waals surface area contributed by atoms with E-state index in [-0.39, 0.29) is 41.2 Å². The van der Waals surface area contributed by atoms with Gasteiger partial charge in [0.05, 0.1) is 11.7 Å². The highest BCUT2D eigenvalue weighted by molar-refractivity contribution is 5.94. The Morgan fingerprint density at radius 2 is 2.00 bits per heavy atom. The van der Waals surface area contributed by atoms with E-state index in [1.165, 1.54) is 6.07 Å². The van der Waals surface area contributed by atoms with E-state index in [1.54, 1.807) is 31.2 Å². The molecule has 4 atom stereocenters. The number of aromatic amines is 1. The highest BCUT2D eigenvalue weighted by Gasteiger charge is 2.61. The van der Waals surface area contributed by atoms with Crippen LogP contribution in [0.5, 0.6) is 0 Å². The minimum Gasteiger partial charge on any atom is -0.335 e. The lowest BCUT2D eigenvalue weighted by molar-refractivity contribution is -0.132. The van der Waals surface area contributed by atoms with Gasteiger partial charge in [0.2, 0.25) is 5.91 Å². The van der Waals surface area contributed by atoms with Crippen LogP contribution in [0.3, 0.4) is 0 Å². The van der Waals surface area contributed by atoms with Crippen molar-refractivity contribution in [2.45, 2.75) is 57.7 Å². The van der Waals surface area contributed by atoms with Crippen LogP contribution in [0.2, 0.25) is 0 Å². The molecule has 152 valence electrons. The van der Waals surface area contributed by atoms with Crippen LogP contribution >= 0.6 is 0 Å². The van der Waals surface area contributed by atoms with Crippen molar-refractivity contribution in [2.24, 2.45) is 5.41 Å². The summed E-state index contributed by atoms with van der Waals surface area (Å²) < 4.78 is 14.1. The third-order valence-corrected chi connectivity index (χ3v) is 7.25. The third-order valence-electron chi connectivity index (χ3n) is 7.25. The maximum atomic E-state index is 14.1. The van der Waals surface area contributed by atoms with Gasteiger partial charge in [-0.15, -0.1) is 0 Å². The van der Waals surface area contributed by atoms with Crippen LogP contribution in [-0.2, 0) is 4.79 Å². The van der Waals surface area contributed by atoms with Gasteiger partial charge in [-0.1, -0.05) is 19.1 Å². The Hall–Kier alpha value is -2.70. The van der Waals surface area contributed by atoms with Crippen molar-refractivity contribution in [3.63, 3.8) is 0 Å². The summed E-state index contributed by atoms with van der Waals surface area (Å²) in [5, 5.41) is 6.99. The maximum Gasteiger partial charge on any atom is 0.272 e. The molecule has 1 N–H and O–H groups in total. The zero-order valence-electron chi connectivity index (χ0n) is 16.7. The summed E-state index contributed by atoms with van der Waals surface area (Å²) in [7, 11) is 0. The molecule has 0 unspecified atom stereocenters. The van der Waals surface area contributed by atoms with Gasteiger partial charge in [0, 0.05) is 36.5 Å². The first-order chi connectivity index (χ1) is 13.9. The lowest BCUT2D eigenvalue weighted by Crippen LogP contribution is -2.57. The van der Waals surface area contributed by atoms with Gasteiger partial charge in [-0.3, -0.25) is 14.7 Å². The van der Waals surface area contributed by atoms with Crippen LogP contribution in [0.15, 0.2) is 30.3 Å². The molecule has 1 aromatic heterocycles. The molecule has 2 aromatic rings. The van der Waals surface area contributed by atoms with Crippen LogP contribution in [0.4, 0.5) is 4.39 Å². The average molecular weight is 396 g/mol. The second-order valence-electron chi connectivity index (χ2n) is 8.86. The Balaban J connectivity index is 1.47. The number of carbonyl (C=O) groups excluding carboxylic acids is 2. The van der Waals surface area contributed by atoms with E-state index in [0.717, 1.165) is 25.7 Å². The quantitative estimate of drug-likeness (QED) is 0.847. The molecule has 1 aliphatic carbocycles. The minimum absolute atomic E-state index is 0.0646. The van der Waals surface area contributed by atoms with E-state index in [1.807, 2.05) is 9.80 Å². The van der Waals surface area contributed by atoms with Crippen LogP contribution < -0.4 is 0 Å². The number of benzene rings is 1. The number of amides is 2. The van der Waals surface area contributed by atoms with E-state index in [4.69, 9.17) is 0 Å². The number of H-pyrrole nitrogens is 1. The summed E-state index contributed by atoms with van der Waals surface area (Å²) in [5.41, 5.74) is 1.08. The Kier molecular flexibility index (Phi) is 4.05.